The summed E-state index contributed by atoms with van der Waals surface area (Å²) in [7, 11) is 2.89. The monoisotopic (exact) mass is 577 g/mol. The standard InChI is InChI=1S/C30H31N3O9/c1-39-18-41-24-11-10-21(40-2)17-23(24)26(34)22-9-6-16-33(30(37)38)28(42-29(36)20-7-4-3-5-8-20)25(22)32-27(35)19-12-14-31-15-13-19/h3-5,7-8,10-15,17,22,25,28H,6,9,16,18H2,1-2H3,(H,32,35)(H,37,38). The summed E-state index contributed by atoms with van der Waals surface area (Å²) in [6.07, 6.45) is 0.369. The first-order chi connectivity index (χ1) is 20.3. The summed E-state index contributed by atoms with van der Waals surface area (Å²) in [5, 5.41) is 12.9. The van der Waals surface area contributed by atoms with Crippen molar-refractivity contribution < 1.29 is 43.2 Å². The van der Waals surface area contributed by atoms with Crippen molar-refractivity contribution >= 4 is 23.8 Å². The maximum Gasteiger partial charge on any atom is 0.410 e. The topological polar surface area (TPSA) is 154 Å². The Kier molecular flexibility index (Phi) is 10.1. The predicted octanol–water partition coefficient (Wildman–Crippen LogP) is 3.63. The minimum absolute atomic E-state index is 0.0430. The fourth-order valence-corrected chi connectivity index (χ4v) is 4.75. The van der Waals surface area contributed by atoms with E-state index in [1.807, 2.05) is 0 Å². The number of ketones is 1. The van der Waals surface area contributed by atoms with Crippen LogP contribution in [0.5, 0.6) is 11.5 Å². The van der Waals surface area contributed by atoms with E-state index in [1.54, 1.807) is 30.3 Å². The van der Waals surface area contributed by atoms with Crippen LogP contribution < -0.4 is 14.8 Å². The number of carbonyl (C=O) groups excluding carboxylic acids is 3. The molecule has 1 aliphatic rings. The molecule has 2 aromatic carbocycles. The summed E-state index contributed by atoms with van der Waals surface area (Å²) in [6.45, 7) is -0.178. The highest BCUT2D eigenvalue weighted by Gasteiger charge is 2.45. The number of carboxylic acid groups (broad SMARTS) is 1. The first-order valence-electron chi connectivity index (χ1n) is 13.1. The number of hydrogen-bond donors (Lipinski definition) is 2. The Morgan fingerprint density at radius 2 is 1.74 bits per heavy atom. The number of aromatic nitrogens is 1. The molecule has 2 heterocycles. The lowest BCUT2D eigenvalue weighted by Gasteiger charge is -2.35. The van der Waals surface area contributed by atoms with Crippen LogP contribution in [0.15, 0.2) is 73.1 Å². The number of nitrogens with zero attached hydrogens (tertiary/aromatic N) is 2. The Balaban J connectivity index is 1.80. The summed E-state index contributed by atoms with van der Waals surface area (Å²) in [5.74, 6) is -2.31. The number of nitrogens with one attached hydrogen (secondary N) is 1. The molecule has 4 rings (SSSR count). The fraction of sp³-hybridized carbons (Fsp3) is 0.300. The fourth-order valence-electron chi connectivity index (χ4n) is 4.75. The Morgan fingerprint density at radius 3 is 2.40 bits per heavy atom. The molecule has 3 aromatic rings. The molecule has 1 aromatic heterocycles. The number of amides is 2. The summed E-state index contributed by atoms with van der Waals surface area (Å²) in [4.78, 5) is 58.1. The van der Waals surface area contributed by atoms with Crippen molar-refractivity contribution in [2.75, 3.05) is 27.6 Å². The Labute approximate surface area is 242 Å². The maximum absolute atomic E-state index is 14.3. The van der Waals surface area contributed by atoms with E-state index in [9.17, 15) is 24.3 Å². The van der Waals surface area contributed by atoms with Crippen LogP contribution in [0.4, 0.5) is 4.79 Å². The lowest BCUT2D eigenvalue weighted by atomic mass is 9.86. The summed E-state index contributed by atoms with van der Waals surface area (Å²) < 4.78 is 21.8. The second kappa shape index (κ2) is 14.1. The minimum atomic E-state index is -1.54. The molecule has 1 fully saturated rings. The zero-order chi connectivity index (χ0) is 30.1. The molecule has 0 saturated carbocycles. The molecular weight excluding hydrogens is 546 g/mol. The van der Waals surface area contributed by atoms with Gasteiger partial charge in [0.25, 0.3) is 5.91 Å². The number of likely N-dealkylation sites (tertiary alicyclic amines) is 1. The van der Waals surface area contributed by atoms with Crippen LogP contribution in [0.25, 0.3) is 0 Å². The molecule has 0 radical (unpaired) electrons. The van der Waals surface area contributed by atoms with Crippen molar-refractivity contribution in [3.63, 3.8) is 0 Å². The van der Waals surface area contributed by atoms with Gasteiger partial charge in [0.05, 0.1) is 24.3 Å². The molecule has 220 valence electrons. The smallest absolute Gasteiger partial charge is 0.410 e. The average Bonchev–Trinajstić information content (AvgIpc) is 3.19. The molecule has 12 heteroatoms. The van der Waals surface area contributed by atoms with Gasteiger partial charge in [-0.25, -0.2) is 9.59 Å². The van der Waals surface area contributed by atoms with Crippen LogP contribution in [-0.4, -0.2) is 78.6 Å². The van der Waals surface area contributed by atoms with Crippen LogP contribution in [0, 0.1) is 5.92 Å². The van der Waals surface area contributed by atoms with Gasteiger partial charge in [-0.15, -0.1) is 0 Å². The number of hydrogen-bond acceptors (Lipinski definition) is 9. The number of methoxy groups -OCH3 is 2. The zero-order valence-corrected chi connectivity index (χ0v) is 23.1. The van der Waals surface area contributed by atoms with Crippen LogP contribution in [0.2, 0.25) is 0 Å². The van der Waals surface area contributed by atoms with E-state index < -0.39 is 41.9 Å². The number of esters is 1. The van der Waals surface area contributed by atoms with Gasteiger partial charge in [-0.05, 0) is 55.3 Å². The van der Waals surface area contributed by atoms with Gasteiger partial charge in [0.2, 0.25) is 6.23 Å². The molecule has 0 aliphatic carbocycles. The average molecular weight is 578 g/mol. The van der Waals surface area contributed by atoms with Crippen molar-refractivity contribution in [2.45, 2.75) is 25.1 Å². The summed E-state index contributed by atoms with van der Waals surface area (Å²) in [6, 6.07) is 14.4. The lowest BCUT2D eigenvalue weighted by Crippen LogP contribution is -2.58. The van der Waals surface area contributed by atoms with Gasteiger partial charge < -0.3 is 29.4 Å². The van der Waals surface area contributed by atoms with Crippen molar-refractivity contribution in [1.29, 1.82) is 0 Å². The van der Waals surface area contributed by atoms with E-state index in [-0.39, 0.29) is 48.6 Å². The third-order valence-electron chi connectivity index (χ3n) is 6.81. The molecule has 3 unspecified atom stereocenters. The van der Waals surface area contributed by atoms with Crippen molar-refractivity contribution in [3.05, 3.63) is 89.7 Å². The van der Waals surface area contributed by atoms with Crippen molar-refractivity contribution in [1.82, 2.24) is 15.2 Å². The van der Waals surface area contributed by atoms with Gasteiger partial charge in [-0.2, -0.15) is 0 Å². The molecule has 1 saturated heterocycles. The van der Waals surface area contributed by atoms with E-state index in [1.165, 1.54) is 56.9 Å². The molecule has 1 aliphatic heterocycles. The first kappa shape index (κ1) is 30.0. The highest BCUT2D eigenvalue weighted by atomic mass is 16.7. The van der Waals surface area contributed by atoms with Gasteiger partial charge in [0.1, 0.15) is 11.5 Å². The van der Waals surface area contributed by atoms with Gasteiger partial charge in [0.15, 0.2) is 12.6 Å². The molecular formula is C30H31N3O9. The highest BCUT2D eigenvalue weighted by molar-refractivity contribution is 6.02. The normalized spacial score (nSPS) is 18.3. The molecule has 12 nitrogen and oxygen atoms in total. The number of benzene rings is 2. The number of pyridine rings is 1. The lowest BCUT2D eigenvalue weighted by molar-refractivity contribution is -0.0416. The molecule has 2 amide bonds. The SMILES string of the molecule is COCOc1ccc(OC)cc1C(=O)C1CCCN(C(=O)O)C(OC(=O)c2ccccc2)C1NC(=O)c1ccncc1. The minimum Gasteiger partial charge on any atom is -0.497 e. The third-order valence-corrected chi connectivity index (χ3v) is 6.81. The number of rotatable bonds is 10. The zero-order valence-electron chi connectivity index (χ0n) is 23.1. The van der Waals surface area contributed by atoms with Crippen LogP contribution in [-0.2, 0) is 9.47 Å². The van der Waals surface area contributed by atoms with E-state index >= 15 is 0 Å². The Bertz CT molecular complexity index is 1400. The van der Waals surface area contributed by atoms with Gasteiger partial charge in [-0.1, -0.05) is 18.2 Å². The summed E-state index contributed by atoms with van der Waals surface area (Å²) >= 11 is 0. The van der Waals surface area contributed by atoms with Gasteiger partial charge >= 0.3 is 12.1 Å². The highest BCUT2D eigenvalue weighted by Crippen LogP contribution is 2.33. The van der Waals surface area contributed by atoms with Crippen molar-refractivity contribution in [3.8, 4) is 11.5 Å². The van der Waals surface area contributed by atoms with E-state index in [0.29, 0.717) is 5.75 Å². The quantitative estimate of drug-likeness (QED) is 0.207. The second-order valence-electron chi connectivity index (χ2n) is 9.40. The molecule has 0 bridgehead atoms. The van der Waals surface area contributed by atoms with Gasteiger partial charge in [0, 0.05) is 37.5 Å². The molecule has 42 heavy (non-hydrogen) atoms. The Morgan fingerprint density at radius 1 is 1.00 bits per heavy atom. The van der Waals surface area contributed by atoms with E-state index in [4.69, 9.17) is 18.9 Å². The van der Waals surface area contributed by atoms with Crippen LogP contribution >= 0.6 is 0 Å². The predicted molar refractivity (Wildman–Crippen MR) is 148 cm³/mol. The number of ether oxygens (including phenoxy) is 4. The molecule has 3 atom stereocenters. The molecule has 2 N–H and O–H groups in total. The second-order valence-corrected chi connectivity index (χ2v) is 9.40. The maximum atomic E-state index is 14.3. The van der Waals surface area contributed by atoms with Crippen molar-refractivity contribution in [2.24, 2.45) is 5.92 Å². The van der Waals surface area contributed by atoms with Crippen LogP contribution in [0.3, 0.4) is 0 Å². The van der Waals surface area contributed by atoms with Crippen LogP contribution in [0.1, 0.15) is 43.9 Å². The third kappa shape index (κ3) is 7.02. The molecule has 0 spiro atoms. The first-order valence-corrected chi connectivity index (χ1v) is 13.1. The van der Waals surface area contributed by atoms with Gasteiger partial charge in [-0.3, -0.25) is 19.5 Å². The Hall–Kier alpha value is -4.97. The number of carbonyl (C=O) groups is 4. The van der Waals surface area contributed by atoms with E-state index in [2.05, 4.69) is 10.3 Å². The largest absolute Gasteiger partial charge is 0.497 e. The summed E-state index contributed by atoms with van der Waals surface area (Å²) in [5.41, 5.74) is 0.537. The van der Waals surface area contributed by atoms with E-state index in [0.717, 1.165) is 4.90 Å². The number of Topliss-reactive ketones (excluding diaryl/α,β-unsaturated/α-hetero) is 1.